The van der Waals surface area contributed by atoms with Crippen LogP contribution in [0.2, 0.25) is 0 Å². The second-order valence-electron chi connectivity index (χ2n) is 4.26. The van der Waals surface area contributed by atoms with E-state index in [0.717, 1.165) is 17.2 Å². The first-order valence-corrected chi connectivity index (χ1v) is 5.84. The molecule has 2 rings (SSSR count). The predicted molar refractivity (Wildman–Crippen MR) is 69.3 cm³/mol. The highest BCUT2D eigenvalue weighted by Gasteiger charge is 2.06. The Morgan fingerprint density at radius 2 is 1.50 bits per heavy atom. The van der Waals surface area contributed by atoms with E-state index in [9.17, 15) is 8.78 Å². The van der Waals surface area contributed by atoms with Gasteiger partial charge >= 0.3 is 0 Å². The molecule has 0 aliphatic heterocycles. The van der Waals surface area contributed by atoms with Crippen LogP contribution in [0.25, 0.3) is 11.1 Å². The summed E-state index contributed by atoms with van der Waals surface area (Å²) in [5.41, 5.74) is 2.71. The van der Waals surface area contributed by atoms with Crippen LogP contribution in [0.5, 0.6) is 0 Å². The molecule has 0 saturated carbocycles. The van der Waals surface area contributed by atoms with Crippen LogP contribution in [-0.2, 0) is 0 Å². The van der Waals surface area contributed by atoms with Crippen LogP contribution in [0.1, 0.15) is 18.5 Å². The second kappa shape index (κ2) is 5.27. The fraction of sp³-hybridized carbons (Fsp3) is 0.200. The van der Waals surface area contributed by atoms with Gasteiger partial charge in [-0.05, 0) is 42.8 Å². The summed E-state index contributed by atoms with van der Waals surface area (Å²) in [4.78, 5) is 0. The van der Waals surface area contributed by atoms with Gasteiger partial charge in [-0.3, -0.25) is 0 Å². The lowest BCUT2D eigenvalue weighted by Crippen LogP contribution is -2.11. The molecule has 0 amide bonds. The third-order valence-corrected chi connectivity index (χ3v) is 3.10. The summed E-state index contributed by atoms with van der Waals surface area (Å²) in [7, 11) is 1.90. The molecule has 18 heavy (non-hydrogen) atoms. The number of rotatable bonds is 3. The molecule has 0 saturated heterocycles. The van der Waals surface area contributed by atoms with Crippen LogP contribution in [0.3, 0.4) is 0 Å². The van der Waals surface area contributed by atoms with E-state index in [-0.39, 0.29) is 6.04 Å². The molecule has 1 N–H and O–H groups in total. The van der Waals surface area contributed by atoms with E-state index in [4.69, 9.17) is 0 Å². The molecule has 1 unspecified atom stereocenters. The van der Waals surface area contributed by atoms with Crippen LogP contribution in [0, 0.1) is 11.6 Å². The molecule has 2 aromatic carbocycles. The zero-order chi connectivity index (χ0) is 13.1. The molecule has 0 aliphatic rings. The van der Waals surface area contributed by atoms with Crippen molar-refractivity contribution in [3.05, 3.63) is 59.7 Å². The van der Waals surface area contributed by atoms with Crippen LogP contribution < -0.4 is 5.32 Å². The lowest BCUT2D eigenvalue weighted by atomic mass is 10.0. The molecular formula is C15H15F2N. The van der Waals surface area contributed by atoms with Gasteiger partial charge in [0.2, 0.25) is 0 Å². The van der Waals surface area contributed by atoms with Crippen molar-refractivity contribution < 1.29 is 8.78 Å². The summed E-state index contributed by atoms with van der Waals surface area (Å²) in [5, 5.41) is 3.15. The summed E-state index contributed by atoms with van der Waals surface area (Å²) in [6.07, 6.45) is 0. The molecule has 1 nitrogen and oxygen atoms in total. The van der Waals surface area contributed by atoms with E-state index >= 15 is 0 Å². The number of nitrogens with one attached hydrogen (secondary N) is 1. The third-order valence-electron chi connectivity index (χ3n) is 3.10. The van der Waals surface area contributed by atoms with Gasteiger partial charge in [-0.15, -0.1) is 0 Å². The normalized spacial score (nSPS) is 12.4. The first kappa shape index (κ1) is 12.7. The van der Waals surface area contributed by atoms with Crippen molar-refractivity contribution in [1.82, 2.24) is 5.32 Å². The second-order valence-corrected chi connectivity index (χ2v) is 4.26. The third kappa shape index (κ3) is 2.57. The van der Waals surface area contributed by atoms with Crippen LogP contribution >= 0.6 is 0 Å². The van der Waals surface area contributed by atoms with Gasteiger partial charge in [-0.2, -0.15) is 0 Å². The van der Waals surface area contributed by atoms with Gasteiger partial charge in [-0.1, -0.05) is 30.3 Å². The Kier molecular flexibility index (Phi) is 3.72. The zero-order valence-electron chi connectivity index (χ0n) is 10.4. The fourth-order valence-corrected chi connectivity index (χ4v) is 1.81. The average Bonchev–Trinajstić information content (AvgIpc) is 2.41. The Labute approximate surface area is 105 Å². The lowest BCUT2D eigenvalue weighted by molar-refractivity contribution is 0.509. The van der Waals surface area contributed by atoms with Crippen molar-refractivity contribution >= 4 is 0 Å². The fourth-order valence-electron chi connectivity index (χ4n) is 1.81. The maximum Gasteiger partial charge on any atom is 0.159 e. The van der Waals surface area contributed by atoms with Crippen molar-refractivity contribution in [2.75, 3.05) is 7.05 Å². The van der Waals surface area contributed by atoms with Crippen molar-refractivity contribution in [3.63, 3.8) is 0 Å². The average molecular weight is 247 g/mol. The minimum absolute atomic E-state index is 0.268. The molecule has 94 valence electrons. The Balaban J connectivity index is 2.31. The van der Waals surface area contributed by atoms with Crippen molar-refractivity contribution in [3.8, 4) is 11.1 Å². The standard InChI is InChI=1S/C15H15F2N/c1-10(18-2)11-3-5-12(6-4-11)13-7-8-14(16)15(17)9-13/h3-10,18H,1-2H3. The van der Waals surface area contributed by atoms with E-state index in [1.165, 1.54) is 6.07 Å². The van der Waals surface area contributed by atoms with Gasteiger partial charge in [0.25, 0.3) is 0 Å². The first-order chi connectivity index (χ1) is 8.61. The number of halogens is 2. The molecule has 0 aliphatic carbocycles. The van der Waals surface area contributed by atoms with E-state index in [0.29, 0.717) is 5.56 Å². The van der Waals surface area contributed by atoms with Gasteiger partial charge in [0, 0.05) is 6.04 Å². The Bertz CT molecular complexity index is 535. The van der Waals surface area contributed by atoms with E-state index in [2.05, 4.69) is 12.2 Å². The molecule has 0 aromatic heterocycles. The van der Waals surface area contributed by atoms with Gasteiger partial charge in [-0.25, -0.2) is 8.78 Å². The monoisotopic (exact) mass is 247 g/mol. The highest BCUT2D eigenvalue weighted by molar-refractivity contribution is 5.63. The molecule has 2 aromatic rings. The van der Waals surface area contributed by atoms with Gasteiger partial charge in [0.1, 0.15) is 0 Å². The minimum Gasteiger partial charge on any atom is -0.313 e. The largest absolute Gasteiger partial charge is 0.313 e. The molecular weight excluding hydrogens is 232 g/mol. The zero-order valence-corrected chi connectivity index (χ0v) is 10.4. The summed E-state index contributed by atoms with van der Waals surface area (Å²) in [6, 6.07) is 12.0. The molecule has 0 radical (unpaired) electrons. The maximum absolute atomic E-state index is 13.1. The van der Waals surface area contributed by atoms with Gasteiger partial charge in [0.05, 0.1) is 0 Å². The number of hydrogen-bond donors (Lipinski definition) is 1. The SMILES string of the molecule is CNC(C)c1ccc(-c2ccc(F)c(F)c2)cc1. The van der Waals surface area contributed by atoms with E-state index < -0.39 is 11.6 Å². The summed E-state index contributed by atoms with van der Waals surface area (Å²) < 4.78 is 26.0. The van der Waals surface area contributed by atoms with E-state index in [1.54, 1.807) is 6.07 Å². The predicted octanol–water partition coefficient (Wildman–Crippen LogP) is 3.91. The number of benzene rings is 2. The maximum atomic E-state index is 13.1. The van der Waals surface area contributed by atoms with Gasteiger partial charge < -0.3 is 5.32 Å². The molecule has 3 heteroatoms. The summed E-state index contributed by atoms with van der Waals surface area (Å²) in [5.74, 6) is -1.64. The first-order valence-electron chi connectivity index (χ1n) is 5.84. The number of hydrogen-bond acceptors (Lipinski definition) is 1. The summed E-state index contributed by atoms with van der Waals surface area (Å²) >= 11 is 0. The highest BCUT2D eigenvalue weighted by Crippen LogP contribution is 2.23. The summed E-state index contributed by atoms with van der Waals surface area (Å²) in [6.45, 7) is 2.06. The molecule has 0 heterocycles. The van der Waals surface area contributed by atoms with E-state index in [1.807, 2.05) is 31.3 Å². The van der Waals surface area contributed by atoms with Crippen LogP contribution in [0.4, 0.5) is 8.78 Å². The topological polar surface area (TPSA) is 12.0 Å². The Morgan fingerprint density at radius 1 is 0.889 bits per heavy atom. The minimum atomic E-state index is -0.820. The van der Waals surface area contributed by atoms with Crippen molar-refractivity contribution in [2.24, 2.45) is 0 Å². The molecule has 1 atom stereocenters. The smallest absolute Gasteiger partial charge is 0.159 e. The quantitative estimate of drug-likeness (QED) is 0.867. The Morgan fingerprint density at radius 3 is 2.06 bits per heavy atom. The highest BCUT2D eigenvalue weighted by atomic mass is 19.2. The molecule has 0 spiro atoms. The van der Waals surface area contributed by atoms with Gasteiger partial charge in [0.15, 0.2) is 11.6 Å². The lowest BCUT2D eigenvalue weighted by Gasteiger charge is -2.11. The van der Waals surface area contributed by atoms with Crippen molar-refractivity contribution in [2.45, 2.75) is 13.0 Å². The van der Waals surface area contributed by atoms with Crippen LogP contribution in [-0.4, -0.2) is 7.05 Å². The Hall–Kier alpha value is -1.74. The molecule has 0 fully saturated rings. The van der Waals surface area contributed by atoms with Crippen LogP contribution in [0.15, 0.2) is 42.5 Å². The van der Waals surface area contributed by atoms with Crippen molar-refractivity contribution in [1.29, 1.82) is 0 Å². The molecule has 0 bridgehead atoms.